The molecule has 5 heteroatoms. The normalized spacial score (nSPS) is 13.0. The Kier molecular flexibility index (Phi) is 4.52. The molecule has 0 rings (SSSR count). The predicted octanol–water partition coefficient (Wildman–Crippen LogP) is 2.05. The van der Waals surface area contributed by atoms with Gasteiger partial charge in [-0.3, -0.25) is 10.1 Å². The Morgan fingerprint density at radius 3 is 2.55 bits per heavy atom. The van der Waals surface area contributed by atoms with Gasteiger partial charge >= 0.3 is 5.70 Å². The Labute approximate surface area is 72.8 Å². The molecule has 0 aliphatic carbocycles. The summed E-state index contributed by atoms with van der Waals surface area (Å²) in [6, 6.07) is 0. The van der Waals surface area contributed by atoms with Crippen LogP contribution in [0.25, 0.3) is 0 Å². The van der Waals surface area contributed by atoms with Crippen molar-refractivity contribution in [3.63, 3.8) is 0 Å². The SMILES string of the molecule is CO/C=C(/C(C)=C/Br)[N+](=O)[O-]. The average molecular weight is 222 g/mol. The Morgan fingerprint density at radius 1 is 1.73 bits per heavy atom. The monoisotopic (exact) mass is 221 g/mol. The predicted molar refractivity (Wildman–Crippen MR) is 44.8 cm³/mol. The van der Waals surface area contributed by atoms with Gasteiger partial charge in [0.2, 0.25) is 0 Å². The van der Waals surface area contributed by atoms with Gasteiger partial charge < -0.3 is 4.74 Å². The Bertz CT molecular complexity index is 210. The molecule has 0 radical (unpaired) electrons. The lowest BCUT2D eigenvalue weighted by Crippen LogP contribution is -2.00. The molecule has 0 aliphatic rings. The van der Waals surface area contributed by atoms with Crippen LogP contribution in [0.5, 0.6) is 0 Å². The lowest BCUT2D eigenvalue weighted by Gasteiger charge is -1.95. The Balaban J connectivity index is 4.62. The van der Waals surface area contributed by atoms with Crippen LogP contribution in [-0.4, -0.2) is 12.0 Å². The maximum absolute atomic E-state index is 10.3. The lowest BCUT2D eigenvalue weighted by molar-refractivity contribution is -0.422. The zero-order chi connectivity index (χ0) is 8.85. The second-order valence-electron chi connectivity index (χ2n) is 1.79. The van der Waals surface area contributed by atoms with Gasteiger partial charge in [0, 0.05) is 5.57 Å². The molecular formula is C6H8BrNO3. The number of nitrogens with zero attached hydrogens (tertiary/aromatic N) is 1. The van der Waals surface area contributed by atoms with Gasteiger partial charge in [0.15, 0.2) is 6.26 Å². The number of allylic oxidation sites excluding steroid dienone is 1. The second kappa shape index (κ2) is 4.90. The van der Waals surface area contributed by atoms with Gasteiger partial charge in [0.25, 0.3) is 0 Å². The highest BCUT2D eigenvalue weighted by atomic mass is 79.9. The first-order chi connectivity index (χ1) is 5.13. The summed E-state index contributed by atoms with van der Waals surface area (Å²) in [6.07, 6.45) is 1.09. The Morgan fingerprint density at radius 2 is 2.27 bits per heavy atom. The van der Waals surface area contributed by atoms with Gasteiger partial charge in [-0.15, -0.1) is 0 Å². The van der Waals surface area contributed by atoms with E-state index >= 15 is 0 Å². The number of methoxy groups -OCH3 is 1. The van der Waals surface area contributed by atoms with Gasteiger partial charge in [0.05, 0.1) is 12.0 Å². The third-order valence-corrected chi connectivity index (χ3v) is 1.68. The third-order valence-electron chi connectivity index (χ3n) is 0.994. The maximum atomic E-state index is 10.3. The lowest BCUT2D eigenvalue weighted by atomic mass is 10.3. The molecule has 0 amide bonds. The number of halogens is 1. The average Bonchev–Trinajstić information content (AvgIpc) is 1.98. The molecule has 0 aromatic heterocycles. The highest BCUT2D eigenvalue weighted by Crippen LogP contribution is 2.11. The molecule has 0 saturated carbocycles. The van der Waals surface area contributed by atoms with Crippen LogP contribution in [-0.2, 0) is 4.74 Å². The molecule has 0 N–H and O–H groups in total. The summed E-state index contributed by atoms with van der Waals surface area (Å²) >= 11 is 2.99. The highest BCUT2D eigenvalue weighted by molar-refractivity contribution is 9.11. The van der Waals surface area contributed by atoms with Crippen LogP contribution in [0, 0.1) is 10.1 Å². The van der Waals surface area contributed by atoms with Crippen molar-refractivity contribution in [3.05, 3.63) is 32.6 Å². The van der Waals surface area contributed by atoms with E-state index in [2.05, 4.69) is 20.7 Å². The summed E-state index contributed by atoms with van der Waals surface area (Å²) in [4.78, 5) is 11.3. The minimum atomic E-state index is -0.503. The second-order valence-corrected chi connectivity index (χ2v) is 2.25. The van der Waals surface area contributed by atoms with Gasteiger partial charge in [-0.2, -0.15) is 0 Å². The summed E-state index contributed by atoms with van der Waals surface area (Å²) in [6.45, 7) is 1.61. The fourth-order valence-electron chi connectivity index (χ4n) is 0.447. The van der Waals surface area contributed by atoms with E-state index in [4.69, 9.17) is 0 Å². The van der Waals surface area contributed by atoms with E-state index in [0.717, 1.165) is 6.26 Å². The number of hydrogen-bond donors (Lipinski definition) is 0. The summed E-state index contributed by atoms with van der Waals surface area (Å²) in [7, 11) is 1.37. The maximum Gasteiger partial charge on any atom is 0.306 e. The van der Waals surface area contributed by atoms with Crippen molar-refractivity contribution in [2.45, 2.75) is 6.92 Å². The molecule has 0 aliphatic heterocycles. The number of ether oxygens (including phenoxy) is 1. The standard InChI is InChI=1S/C6H8BrNO3/c1-5(3-7)6(4-11-2)8(9)10/h3-4H,1-2H3/b5-3+,6-4-. The van der Waals surface area contributed by atoms with Crippen molar-refractivity contribution in [3.8, 4) is 0 Å². The summed E-state index contributed by atoms with van der Waals surface area (Å²) in [5.74, 6) is 0. The summed E-state index contributed by atoms with van der Waals surface area (Å²) in [5, 5.41) is 10.3. The van der Waals surface area contributed by atoms with Crippen LogP contribution in [0.3, 0.4) is 0 Å². The van der Waals surface area contributed by atoms with E-state index in [-0.39, 0.29) is 5.70 Å². The van der Waals surface area contributed by atoms with Gasteiger partial charge in [0.1, 0.15) is 0 Å². The molecule has 0 heterocycles. The smallest absolute Gasteiger partial charge is 0.306 e. The van der Waals surface area contributed by atoms with Crippen LogP contribution in [0.15, 0.2) is 22.5 Å². The van der Waals surface area contributed by atoms with Crippen LogP contribution in [0.1, 0.15) is 6.92 Å². The van der Waals surface area contributed by atoms with E-state index in [0.29, 0.717) is 5.57 Å². The minimum Gasteiger partial charge on any atom is -0.497 e. The van der Waals surface area contributed by atoms with Gasteiger partial charge in [-0.1, -0.05) is 15.9 Å². The first-order valence-corrected chi connectivity index (χ1v) is 3.69. The quantitative estimate of drug-likeness (QED) is 0.317. The molecule has 0 unspecified atom stereocenters. The summed E-state index contributed by atoms with van der Waals surface area (Å²) in [5.41, 5.74) is 0.459. The molecule has 62 valence electrons. The topological polar surface area (TPSA) is 52.4 Å². The van der Waals surface area contributed by atoms with Crippen molar-refractivity contribution >= 4 is 15.9 Å². The minimum absolute atomic E-state index is 0.0515. The molecule has 0 atom stereocenters. The third kappa shape index (κ3) is 3.18. The van der Waals surface area contributed by atoms with E-state index < -0.39 is 4.92 Å². The zero-order valence-corrected chi connectivity index (χ0v) is 7.79. The fraction of sp³-hybridized carbons (Fsp3) is 0.333. The Hall–Kier alpha value is -0.840. The van der Waals surface area contributed by atoms with E-state index in [1.54, 1.807) is 6.92 Å². The number of rotatable bonds is 3. The molecule has 11 heavy (non-hydrogen) atoms. The van der Waals surface area contributed by atoms with E-state index in [1.807, 2.05) is 0 Å². The molecule has 0 bridgehead atoms. The largest absolute Gasteiger partial charge is 0.497 e. The van der Waals surface area contributed by atoms with Crippen molar-refractivity contribution in [1.29, 1.82) is 0 Å². The molecule has 0 saturated heterocycles. The first kappa shape index (κ1) is 10.2. The summed E-state index contributed by atoms with van der Waals surface area (Å²) < 4.78 is 4.52. The van der Waals surface area contributed by atoms with Crippen molar-refractivity contribution in [1.82, 2.24) is 0 Å². The van der Waals surface area contributed by atoms with Crippen molar-refractivity contribution < 1.29 is 9.66 Å². The highest BCUT2D eigenvalue weighted by Gasteiger charge is 2.12. The van der Waals surface area contributed by atoms with Crippen LogP contribution < -0.4 is 0 Å². The molecular weight excluding hydrogens is 214 g/mol. The number of nitro groups is 1. The molecule has 0 fully saturated rings. The van der Waals surface area contributed by atoms with Crippen LogP contribution >= 0.6 is 15.9 Å². The van der Waals surface area contributed by atoms with Crippen molar-refractivity contribution in [2.75, 3.05) is 7.11 Å². The fourth-order valence-corrected chi connectivity index (χ4v) is 0.682. The molecule has 0 aromatic rings. The van der Waals surface area contributed by atoms with Crippen LogP contribution in [0.2, 0.25) is 0 Å². The molecule has 4 nitrogen and oxygen atoms in total. The van der Waals surface area contributed by atoms with Gasteiger partial charge in [-0.05, 0) is 11.9 Å². The molecule has 0 spiro atoms. The van der Waals surface area contributed by atoms with Crippen molar-refractivity contribution in [2.24, 2.45) is 0 Å². The van der Waals surface area contributed by atoms with Crippen LogP contribution in [0.4, 0.5) is 0 Å². The van der Waals surface area contributed by atoms with E-state index in [1.165, 1.54) is 12.1 Å². The number of hydrogen-bond acceptors (Lipinski definition) is 3. The van der Waals surface area contributed by atoms with E-state index in [9.17, 15) is 10.1 Å². The molecule has 0 aromatic carbocycles. The zero-order valence-electron chi connectivity index (χ0n) is 6.20. The van der Waals surface area contributed by atoms with Gasteiger partial charge in [-0.25, -0.2) is 0 Å². The first-order valence-electron chi connectivity index (χ1n) is 2.78.